The largest absolute Gasteiger partial charge is 0.294 e. The van der Waals surface area contributed by atoms with Gasteiger partial charge in [0.1, 0.15) is 17.5 Å². The van der Waals surface area contributed by atoms with Gasteiger partial charge >= 0.3 is 0 Å². The van der Waals surface area contributed by atoms with E-state index < -0.39 is 11.2 Å². The first-order valence-corrected chi connectivity index (χ1v) is 7.06. The number of benzene rings is 2. The van der Waals surface area contributed by atoms with E-state index in [1.807, 2.05) is 0 Å². The second-order valence-electron chi connectivity index (χ2n) is 4.65. The lowest BCUT2D eigenvalue weighted by molar-refractivity contribution is 0.627. The zero-order valence-corrected chi connectivity index (χ0v) is 12.5. The Morgan fingerprint density at radius 1 is 1.10 bits per heavy atom. The molecule has 2 nitrogen and oxygen atoms in total. The first kappa shape index (κ1) is 14.3. The molecule has 108 valence electrons. The third-order valence-electron chi connectivity index (χ3n) is 3.15. The molecule has 0 amide bonds. The maximum atomic E-state index is 13.4. The molecule has 1 aromatic heterocycles. The molecular formula is C15H10Cl2F2N2. The van der Waals surface area contributed by atoms with E-state index in [1.54, 1.807) is 23.6 Å². The van der Waals surface area contributed by atoms with Crippen LogP contribution < -0.4 is 0 Å². The highest BCUT2D eigenvalue weighted by molar-refractivity contribution is 6.32. The summed E-state index contributed by atoms with van der Waals surface area (Å²) >= 11 is 12.3. The van der Waals surface area contributed by atoms with Crippen LogP contribution in [0.2, 0.25) is 5.02 Å². The lowest BCUT2D eigenvalue weighted by Crippen LogP contribution is -2.02. The maximum Gasteiger partial charge on any atom is 0.132 e. The summed E-state index contributed by atoms with van der Waals surface area (Å²) in [4.78, 5) is 4.35. The number of aromatic nitrogens is 2. The van der Waals surface area contributed by atoms with Crippen LogP contribution in [0.4, 0.5) is 8.78 Å². The fourth-order valence-electron chi connectivity index (χ4n) is 2.25. The van der Waals surface area contributed by atoms with Crippen LogP contribution in [0.25, 0.3) is 16.7 Å². The van der Waals surface area contributed by atoms with Gasteiger partial charge in [-0.25, -0.2) is 13.8 Å². The highest BCUT2D eigenvalue weighted by Crippen LogP contribution is 2.32. The minimum atomic E-state index is -0.431. The molecule has 3 rings (SSSR count). The summed E-state index contributed by atoms with van der Waals surface area (Å²) in [6.07, 6.45) is 0. The van der Waals surface area contributed by atoms with Gasteiger partial charge in [-0.1, -0.05) is 11.6 Å². The van der Waals surface area contributed by atoms with Gasteiger partial charge in [-0.2, -0.15) is 0 Å². The molecule has 0 aliphatic carbocycles. The molecule has 1 unspecified atom stereocenters. The monoisotopic (exact) mass is 326 g/mol. The minimum absolute atomic E-state index is 0.234. The van der Waals surface area contributed by atoms with Gasteiger partial charge in [0.05, 0.1) is 27.1 Å². The average molecular weight is 327 g/mol. The zero-order valence-electron chi connectivity index (χ0n) is 10.9. The van der Waals surface area contributed by atoms with Crippen LogP contribution >= 0.6 is 23.2 Å². The molecule has 3 aromatic rings. The van der Waals surface area contributed by atoms with Crippen molar-refractivity contribution in [3.05, 3.63) is 58.9 Å². The number of rotatable bonds is 2. The van der Waals surface area contributed by atoms with Crippen molar-refractivity contribution in [1.29, 1.82) is 0 Å². The van der Waals surface area contributed by atoms with E-state index in [1.165, 1.54) is 24.3 Å². The van der Waals surface area contributed by atoms with Gasteiger partial charge in [0.2, 0.25) is 0 Å². The molecule has 21 heavy (non-hydrogen) atoms. The van der Waals surface area contributed by atoms with Gasteiger partial charge in [0, 0.05) is 6.07 Å². The molecule has 0 bridgehead atoms. The first-order chi connectivity index (χ1) is 9.97. The fraction of sp³-hybridized carbons (Fsp3) is 0.133. The van der Waals surface area contributed by atoms with Crippen molar-refractivity contribution in [2.24, 2.45) is 0 Å². The predicted octanol–water partition coefficient (Wildman–Crippen LogP) is 5.26. The van der Waals surface area contributed by atoms with Crippen LogP contribution in [0.15, 0.2) is 36.4 Å². The number of hydrogen-bond donors (Lipinski definition) is 0. The molecular weight excluding hydrogens is 317 g/mol. The number of fused-ring (bicyclic) bond motifs is 1. The molecule has 0 aliphatic heterocycles. The van der Waals surface area contributed by atoms with Crippen LogP contribution in [0.3, 0.4) is 0 Å². The van der Waals surface area contributed by atoms with Gasteiger partial charge in [-0.05, 0) is 37.3 Å². The SMILES string of the molecule is CC(Cl)c1nc2cc(F)ccc2n1-c1ccc(F)cc1Cl. The van der Waals surface area contributed by atoms with Gasteiger partial charge in [0.15, 0.2) is 0 Å². The number of halogens is 4. The summed E-state index contributed by atoms with van der Waals surface area (Å²) in [5.41, 5.74) is 1.68. The molecule has 0 N–H and O–H groups in total. The summed E-state index contributed by atoms with van der Waals surface area (Å²) < 4.78 is 28.3. The van der Waals surface area contributed by atoms with Crippen molar-refractivity contribution in [1.82, 2.24) is 9.55 Å². The quantitative estimate of drug-likeness (QED) is 0.587. The highest BCUT2D eigenvalue weighted by Gasteiger charge is 2.18. The number of hydrogen-bond acceptors (Lipinski definition) is 1. The molecule has 1 atom stereocenters. The summed E-state index contributed by atoms with van der Waals surface area (Å²) in [5.74, 6) is -0.295. The number of nitrogens with zero attached hydrogens (tertiary/aromatic N) is 2. The summed E-state index contributed by atoms with van der Waals surface area (Å²) in [6.45, 7) is 1.76. The van der Waals surface area contributed by atoms with Crippen LogP contribution in [0, 0.1) is 11.6 Å². The molecule has 0 fully saturated rings. The van der Waals surface area contributed by atoms with Crippen molar-refractivity contribution in [3.63, 3.8) is 0 Å². The van der Waals surface area contributed by atoms with E-state index in [0.717, 1.165) is 0 Å². The Labute approximate surface area is 129 Å². The lowest BCUT2D eigenvalue weighted by Gasteiger charge is -2.12. The van der Waals surface area contributed by atoms with E-state index in [-0.39, 0.29) is 10.8 Å². The van der Waals surface area contributed by atoms with Crippen LogP contribution in [-0.4, -0.2) is 9.55 Å². The van der Waals surface area contributed by atoms with E-state index >= 15 is 0 Å². The normalized spacial score (nSPS) is 12.8. The highest BCUT2D eigenvalue weighted by atomic mass is 35.5. The van der Waals surface area contributed by atoms with Crippen molar-refractivity contribution in [2.45, 2.75) is 12.3 Å². The van der Waals surface area contributed by atoms with E-state index in [0.29, 0.717) is 22.5 Å². The van der Waals surface area contributed by atoms with Gasteiger partial charge in [-0.3, -0.25) is 4.57 Å². The molecule has 1 heterocycles. The van der Waals surface area contributed by atoms with Crippen molar-refractivity contribution in [2.75, 3.05) is 0 Å². The topological polar surface area (TPSA) is 17.8 Å². The number of alkyl halides is 1. The predicted molar refractivity (Wildman–Crippen MR) is 80.3 cm³/mol. The van der Waals surface area contributed by atoms with Gasteiger partial charge in [-0.15, -0.1) is 11.6 Å². The molecule has 0 saturated heterocycles. The Balaban J connectivity index is 2.36. The van der Waals surface area contributed by atoms with Crippen LogP contribution in [-0.2, 0) is 0 Å². The Morgan fingerprint density at radius 2 is 1.76 bits per heavy atom. The van der Waals surface area contributed by atoms with E-state index in [2.05, 4.69) is 4.98 Å². The molecule has 0 spiro atoms. The third-order valence-corrected chi connectivity index (χ3v) is 3.65. The Hall–Kier alpha value is -1.65. The maximum absolute atomic E-state index is 13.4. The van der Waals surface area contributed by atoms with Crippen molar-refractivity contribution in [3.8, 4) is 5.69 Å². The Kier molecular flexibility index (Phi) is 3.59. The van der Waals surface area contributed by atoms with E-state index in [4.69, 9.17) is 23.2 Å². The molecule has 0 aliphatic rings. The molecule has 6 heteroatoms. The second-order valence-corrected chi connectivity index (χ2v) is 5.71. The van der Waals surface area contributed by atoms with Crippen molar-refractivity contribution >= 4 is 34.2 Å². The smallest absolute Gasteiger partial charge is 0.132 e. The average Bonchev–Trinajstić information content (AvgIpc) is 2.77. The minimum Gasteiger partial charge on any atom is -0.294 e. The zero-order chi connectivity index (χ0) is 15.1. The lowest BCUT2D eigenvalue weighted by atomic mass is 10.2. The number of imidazole rings is 1. The van der Waals surface area contributed by atoms with Gasteiger partial charge in [0.25, 0.3) is 0 Å². The summed E-state index contributed by atoms with van der Waals surface area (Å²) in [6, 6.07) is 8.33. The summed E-state index contributed by atoms with van der Waals surface area (Å²) in [5, 5.41) is -0.182. The first-order valence-electron chi connectivity index (χ1n) is 6.25. The fourth-order valence-corrected chi connectivity index (χ4v) is 2.65. The van der Waals surface area contributed by atoms with Crippen molar-refractivity contribution < 1.29 is 8.78 Å². The van der Waals surface area contributed by atoms with Crippen LogP contribution in [0.1, 0.15) is 18.1 Å². The van der Waals surface area contributed by atoms with E-state index in [9.17, 15) is 8.78 Å². The molecule has 2 aromatic carbocycles. The molecule has 0 radical (unpaired) electrons. The van der Waals surface area contributed by atoms with Gasteiger partial charge < -0.3 is 0 Å². The second kappa shape index (κ2) is 5.28. The van der Waals surface area contributed by atoms with Crippen LogP contribution in [0.5, 0.6) is 0 Å². The molecule has 0 saturated carbocycles. The summed E-state index contributed by atoms with van der Waals surface area (Å²) in [7, 11) is 0. The standard InChI is InChI=1S/C15H10Cl2F2N2/c1-8(16)15-20-12-7-10(19)3-5-14(12)21(15)13-4-2-9(18)6-11(13)17/h2-8H,1H3. The Morgan fingerprint density at radius 3 is 2.43 bits per heavy atom. The third kappa shape index (κ3) is 2.49. The Bertz CT molecular complexity index is 828.